The molecule has 0 atom stereocenters. The number of aryl methyl sites for hydroxylation is 2. The molecule has 0 unspecified atom stereocenters. The van der Waals surface area contributed by atoms with Crippen molar-refractivity contribution in [1.82, 2.24) is 10.1 Å². The van der Waals surface area contributed by atoms with Crippen molar-refractivity contribution < 1.29 is 8.94 Å². The van der Waals surface area contributed by atoms with Gasteiger partial charge in [0.25, 0.3) is 0 Å². The average molecular weight is 382 g/mol. The minimum absolute atomic E-state index is 0.477. The van der Waals surface area contributed by atoms with Gasteiger partial charge in [-0.2, -0.15) is 0 Å². The highest BCUT2D eigenvalue weighted by Crippen LogP contribution is 2.39. The maximum Gasteiger partial charge on any atom is 0.417 e. The molecule has 0 amide bonds. The molecule has 2 aromatic heterocycles. The topological polar surface area (TPSA) is 72.0 Å². The average Bonchev–Trinajstić information content (AvgIpc) is 3.28. The Morgan fingerprint density at radius 2 is 1.55 bits per heavy atom. The maximum absolute atomic E-state index is 12.0. The summed E-state index contributed by atoms with van der Waals surface area (Å²) in [4.78, 5) is 14.8. The molecule has 0 saturated heterocycles. The summed E-state index contributed by atoms with van der Waals surface area (Å²) in [6, 6.07) is 22.2. The molecule has 5 aromatic rings. The molecule has 0 radical (unpaired) electrons. The van der Waals surface area contributed by atoms with Gasteiger partial charge in [-0.15, -0.1) is 0 Å². The first-order chi connectivity index (χ1) is 14.1. The molecule has 0 saturated carbocycles. The first-order valence-corrected chi connectivity index (χ1v) is 9.37. The minimum Gasteiger partial charge on any atom is -0.407 e. The predicted octanol–water partition coefficient (Wildman–Crippen LogP) is 5.73. The van der Waals surface area contributed by atoms with Crippen molar-refractivity contribution in [2.75, 3.05) is 0 Å². The van der Waals surface area contributed by atoms with E-state index in [1.54, 1.807) is 0 Å². The Balaban J connectivity index is 1.84. The van der Waals surface area contributed by atoms with E-state index < -0.39 is 5.76 Å². The van der Waals surface area contributed by atoms with Gasteiger partial charge >= 0.3 is 5.76 Å². The number of nitrogens with zero attached hydrogens (tertiary/aromatic N) is 1. The van der Waals surface area contributed by atoms with Gasteiger partial charge in [0, 0.05) is 11.1 Å². The van der Waals surface area contributed by atoms with Crippen molar-refractivity contribution in [2.45, 2.75) is 13.8 Å². The minimum atomic E-state index is -0.477. The highest BCUT2D eigenvalue weighted by Gasteiger charge is 2.19. The Kier molecular flexibility index (Phi) is 3.95. The van der Waals surface area contributed by atoms with Gasteiger partial charge in [0.15, 0.2) is 5.58 Å². The van der Waals surface area contributed by atoms with Crippen LogP contribution >= 0.6 is 0 Å². The van der Waals surface area contributed by atoms with E-state index in [1.165, 1.54) is 0 Å². The quantitative estimate of drug-likeness (QED) is 0.433. The normalized spacial score (nSPS) is 11.2. The molecule has 5 nitrogen and oxygen atoms in total. The van der Waals surface area contributed by atoms with Crippen LogP contribution in [0.1, 0.15) is 11.5 Å². The zero-order valence-electron chi connectivity index (χ0n) is 16.0. The number of aromatic amines is 1. The van der Waals surface area contributed by atoms with Gasteiger partial charge in [0.05, 0.1) is 11.2 Å². The highest BCUT2D eigenvalue weighted by molar-refractivity contribution is 5.99. The van der Waals surface area contributed by atoms with Crippen molar-refractivity contribution in [3.8, 4) is 33.4 Å². The van der Waals surface area contributed by atoms with E-state index in [0.717, 1.165) is 44.8 Å². The van der Waals surface area contributed by atoms with Crippen molar-refractivity contribution in [3.63, 3.8) is 0 Å². The van der Waals surface area contributed by atoms with E-state index in [4.69, 9.17) is 8.94 Å². The summed E-state index contributed by atoms with van der Waals surface area (Å²) in [5, 5.41) is 4.07. The molecule has 5 heteroatoms. The monoisotopic (exact) mass is 382 g/mol. The number of fused-ring (bicyclic) bond motifs is 1. The first kappa shape index (κ1) is 17.3. The van der Waals surface area contributed by atoms with Gasteiger partial charge < -0.3 is 8.94 Å². The summed E-state index contributed by atoms with van der Waals surface area (Å²) < 4.78 is 10.9. The van der Waals surface area contributed by atoms with Crippen molar-refractivity contribution >= 4 is 11.1 Å². The highest BCUT2D eigenvalue weighted by atomic mass is 16.5. The van der Waals surface area contributed by atoms with Crippen LogP contribution in [0.2, 0.25) is 0 Å². The zero-order chi connectivity index (χ0) is 20.0. The van der Waals surface area contributed by atoms with Gasteiger partial charge in [0.1, 0.15) is 5.76 Å². The lowest BCUT2D eigenvalue weighted by atomic mass is 9.91. The smallest absolute Gasteiger partial charge is 0.407 e. The molecule has 2 heterocycles. The van der Waals surface area contributed by atoms with Gasteiger partial charge in [0.2, 0.25) is 0 Å². The third kappa shape index (κ3) is 2.88. The standard InChI is InChI=1S/C24H18N2O3/c1-14-22(15(2)29-26-14)17-12-20(23-21(13-17)25-24(27)28-23)19-11-7-6-10-18(19)16-8-4-3-5-9-16/h3-13H,1-2H3,(H,25,27). The van der Waals surface area contributed by atoms with E-state index in [9.17, 15) is 4.79 Å². The second-order valence-electron chi connectivity index (χ2n) is 7.03. The summed E-state index contributed by atoms with van der Waals surface area (Å²) >= 11 is 0. The molecule has 1 N–H and O–H groups in total. The molecule has 0 aliphatic rings. The fourth-order valence-corrected chi connectivity index (χ4v) is 3.89. The lowest BCUT2D eigenvalue weighted by Gasteiger charge is -2.12. The number of nitrogens with one attached hydrogen (secondary N) is 1. The Morgan fingerprint density at radius 1 is 0.828 bits per heavy atom. The Labute approximate surface area is 166 Å². The van der Waals surface area contributed by atoms with Crippen LogP contribution in [-0.4, -0.2) is 10.1 Å². The summed E-state index contributed by atoms with van der Waals surface area (Å²) in [6.07, 6.45) is 0. The number of aromatic nitrogens is 2. The van der Waals surface area contributed by atoms with Crippen molar-refractivity contribution in [2.24, 2.45) is 0 Å². The molecule has 29 heavy (non-hydrogen) atoms. The Bertz CT molecular complexity index is 1370. The van der Waals surface area contributed by atoms with Crippen LogP contribution in [0.3, 0.4) is 0 Å². The predicted molar refractivity (Wildman–Crippen MR) is 113 cm³/mol. The molecule has 3 aromatic carbocycles. The van der Waals surface area contributed by atoms with Crippen LogP contribution in [0.15, 0.2) is 80.5 Å². The van der Waals surface area contributed by atoms with E-state index in [-0.39, 0.29) is 0 Å². The zero-order valence-corrected chi connectivity index (χ0v) is 16.0. The van der Waals surface area contributed by atoms with Gasteiger partial charge in [-0.3, -0.25) is 4.98 Å². The summed E-state index contributed by atoms with van der Waals surface area (Å²) in [6.45, 7) is 3.79. The second kappa shape index (κ2) is 6.63. The molecule has 0 aliphatic heterocycles. The van der Waals surface area contributed by atoms with Crippen LogP contribution in [0.25, 0.3) is 44.5 Å². The number of oxazole rings is 1. The third-order valence-electron chi connectivity index (χ3n) is 5.14. The molecular formula is C24H18N2O3. The summed E-state index contributed by atoms with van der Waals surface area (Å²) in [7, 11) is 0. The second-order valence-corrected chi connectivity index (χ2v) is 7.03. The lowest BCUT2D eigenvalue weighted by molar-refractivity contribution is 0.393. The first-order valence-electron chi connectivity index (χ1n) is 9.37. The molecule has 0 fully saturated rings. The number of rotatable bonds is 3. The largest absolute Gasteiger partial charge is 0.417 e. The SMILES string of the molecule is Cc1noc(C)c1-c1cc(-c2ccccc2-c2ccccc2)c2oc(=O)[nH]c2c1. The van der Waals surface area contributed by atoms with Crippen LogP contribution in [0, 0.1) is 13.8 Å². The molecule has 142 valence electrons. The summed E-state index contributed by atoms with van der Waals surface area (Å²) in [5.74, 6) is 0.254. The number of hydrogen-bond donors (Lipinski definition) is 1. The van der Waals surface area contributed by atoms with Crippen LogP contribution < -0.4 is 5.76 Å². The Hall–Kier alpha value is -3.86. The Morgan fingerprint density at radius 3 is 2.28 bits per heavy atom. The van der Waals surface area contributed by atoms with Crippen LogP contribution in [-0.2, 0) is 0 Å². The lowest BCUT2D eigenvalue weighted by Crippen LogP contribution is -1.92. The molecule has 0 bridgehead atoms. The number of H-pyrrole nitrogens is 1. The molecule has 0 spiro atoms. The maximum atomic E-state index is 12.0. The fourth-order valence-electron chi connectivity index (χ4n) is 3.89. The van der Waals surface area contributed by atoms with Crippen LogP contribution in [0.5, 0.6) is 0 Å². The molecule has 0 aliphatic carbocycles. The number of hydrogen-bond acceptors (Lipinski definition) is 4. The van der Waals surface area contributed by atoms with E-state index in [1.807, 2.05) is 62.4 Å². The third-order valence-corrected chi connectivity index (χ3v) is 5.14. The number of benzene rings is 3. The van der Waals surface area contributed by atoms with E-state index >= 15 is 0 Å². The van der Waals surface area contributed by atoms with Crippen LogP contribution in [0.4, 0.5) is 0 Å². The fraction of sp³-hybridized carbons (Fsp3) is 0.0833. The summed E-state index contributed by atoms with van der Waals surface area (Å²) in [5.41, 5.74) is 7.81. The molecular weight excluding hydrogens is 364 g/mol. The van der Waals surface area contributed by atoms with Gasteiger partial charge in [-0.1, -0.05) is 59.8 Å². The van der Waals surface area contributed by atoms with Crippen molar-refractivity contribution in [1.29, 1.82) is 0 Å². The van der Waals surface area contributed by atoms with Gasteiger partial charge in [-0.05, 0) is 48.2 Å². The van der Waals surface area contributed by atoms with Gasteiger partial charge in [-0.25, -0.2) is 4.79 Å². The van der Waals surface area contributed by atoms with E-state index in [0.29, 0.717) is 11.1 Å². The molecule has 5 rings (SSSR count). The van der Waals surface area contributed by atoms with E-state index in [2.05, 4.69) is 28.3 Å². The van der Waals surface area contributed by atoms with Crippen molar-refractivity contribution in [3.05, 3.63) is 88.7 Å².